The molecule has 4 rings (SSSR count). The lowest BCUT2D eigenvalue weighted by molar-refractivity contribution is -0.142. The summed E-state index contributed by atoms with van der Waals surface area (Å²) in [4.78, 5) is 29.2. The maximum Gasteiger partial charge on any atom is 0.252 e. The Morgan fingerprint density at radius 3 is 2.58 bits per heavy atom. The van der Waals surface area contributed by atoms with Gasteiger partial charge in [0.15, 0.2) is 0 Å². The number of ether oxygens (including phenoxy) is 1. The molecule has 0 bridgehead atoms. The van der Waals surface area contributed by atoms with Crippen LogP contribution in [0.25, 0.3) is 0 Å². The molecule has 0 N–H and O–H groups in total. The van der Waals surface area contributed by atoms with E-state index in [0.29, 0.717) is 19.6 Å². The molecule has 1 aromatic carbocycles. The Labute approximate surface area is 142 Å². The smallest absolute Gasteiger partial charge is 0.252 e. The monoisotopic (exact) mass is 328 g/mol. The standard InChI is InChI=1S/C19H24N2O3/c1-24-17-15-11-20(18(22)14-8-5-9-14)12-16(15)21(19(17)23)10-13-6-3-2-4-7-13/h2-4,6-7,14-17H,5,8-12H2,1H3/t15-,16+,17-/m0/s1. The summed E-state index contributed by atoms with van der Waals surface area (Å²) in [5.41, 5.74) is 1.12. The van der Waals surface area contributed by atoms with Crippen molar-refractivity contribution in [3.05, 3.63) is 35.9 Å². The van der Waals surface area contributed by atoms with Gasteiger partial charge in [-0.05, 0) is 18.4 Å². The van der Waals surface area contributed by atoms with E-state index < -0.39 is 6.10 Å². The second-order valence-electron chi connectivity index (χ2n) is 7.21. The Morgan fingerprint density at radius 2 is 1.96 bits per heavy atom. The van der Waals surface area contributed by atoms with Crippen LogP contribution in [0.15, 0.2) is 30.3 Å². The zero-order valence-electron chi connectivity index (χ0n) is 14.1. The molecule has 2 aliphatic heterocycles. The number of amides is 2. The Hall–Kier alpha value is -1.88. The molecule has 0 radical (unpaired) electrons. The first-order valence-electron chi connectivity index (χ1n) is 8.85. The fraction of sp³-hybridized carbons (Fsp3) is 0.579. The highest BCUT2D eigenvalue weighted by atomic mass is 16.5. The molecule has 5 heteroatoms. The normalized spacial score (nSPS) is 29.7. The first kappa shape index (κ1) is 15.6. The predicted octanol–water partition coefficient (Wildman–Crippen LogP) is 1.67. The van der Waals surface area contributed by atoms with Crippen LogP contribution in [0.1, 0.15) is 24.8 Å². The van der Waals surface area contributed by atoms with E-state index in [-0.39, 0.29) is 29.7 Å². The quantitative estimate of drug-likeness (QED) is 0.845. The average Bonchev–Trinajstić information content (AvgIpc) is 3.06. The van der Waals surface area contributed by atoms with Crippen molar-refractivity contribution in [1.29, 1.82) is 0 Å². The lowest BCUT2D eigenvalue weighted by Gasteiger charge is -2.31. The van der Waals surface area contributed by atoms with E-state index >= 15 is 0 Å². The molecule has 1 aromatic rings. The molecule has 1 aliphatic carbocycles. The Morgan fingerprint density at radius 1 is 1.21 bits per heavy atom. The van der Waals surface area contributed by atoms with Gasteiger partial charge in [0.05, 0.1) is 6.04 Å². The van der Waals surface area contributed by atoms with Gasteiger partial charge in [0.2, 0.25) is 5.91 Å². The number of methoxy groups -OCH3 is 1. The van der Waals surface area contributed by atoms with Gasteiger partial charge in [-0.2, -0.15) is 0 Å². The molecule has 2 amide bonds. The van der Waals surface area contributed by atoms with Crippen LogP contribution in [0.3, 0.4) is 0 Å². The maximum atomic E-state index is 12.7. The topological polar surface area (TPSA) is 49.9 Å². The van der Waals surface area contributed by atoms with Crippen LogP contribution in [0, 0.1) is 11.8 Å². The molecule has 2 saturated heterocycles. The van der Waals surface area contributed by atoms with Gasteiger partial charge in [-0.3, -0.25) is 9.59 Å². The zero-order valence-corrected chi connectivity index (χ0v) is 14.1. The van der Waals surface area contributed by atoms with Crippen LogP contribution < -0.4 is 0 Å². The highest BCUT2D eigenvalue weighted by molar-refractivity contribution is 5.86. The van der Waals surface area contributed by atoms with Gasteiger partial charge in [-0.1, -0.05) is 36.8 Å². The van der Waals surface area contributed by atoms with Crippen LogP contribution in [-0.4, -0.2) is 54.0 Å². The number of nitrogens with zero attached hydrogens (tertiary/aromatic N) is 2. The predicted molar refractivity (Wildman–Crippen MR) is 89.0 cm³/mol. The SMILES string of the molecule is CO[C@@H]1C(=O)N(Cc2ccccc2)[C@@H]2CN(C(=O)C3CCC3)C[C@H]12. The third-order valence-electron chi connectivity index (χ3n) is 5.86. The molecule has 3 aliphatic rings. The average molecular weight is 328 g/mol. The molecular weight excluding hydrogens is 304 g/mol. The molecule has 3 fully saturated rings. The summed E-state index contributed by atoms with van der Waals surface area (Å²) in [5, 5.41) is 0. The zero-order chi connectivity index (χ0) is 16.7. The lowest BCUT2D eigenvalue weighted by atomic mass is 9.84. The van der Waals surface area contributed by atoms with Crippen molar-refractivity contribution in [3.63, 3.8) is 0 Å². The maximum absolute atomic E-state index is 12.7. The fourth-order valence-electron chi connectivity index (χ4n) is 4.29. The molecule has 0 spiro atoms. The third kappa shape index (κ3) is 2.51. The first-order valence-corrected chi connectivity index (χ1v) is 8.85. The minimum absolute atomic E-state index is 0.0621. The van der Waals surface area contributed by atoms with E-state index in [4.69, 9.17) is 4.74 Å². The number of rotatable bonds is 4. The van der Waals surface area contributed by atoms with Crippen LogP contribution in [0.4, 0.5) is 0 Å². The number of benzene rings is 1. The van der Waals surface area contributed by atoms with E-state index in [1.165, 1.54) is 0 Å². The number of hydrogen-bond donors (Lipinski definition) is 0. The minimum Gasteiger partial charge on any atom is -0.371 e. The van der Waals surface area contributed by atoms with E-state index in [1.807, 2.05) is 40.1 Å². The van der Waals surface area contributed by atoms with E-state index in [1.54, 1.807) is 7.11 Å². The van der Waals surface area contributed by atoms with Gasteiger partial charge in [0.25, 0.3) is 5.91 Å². The van der Waals surface area contributed by atoms with Crippen LogP contribution >= 0.6 is 0 Å². The molecule has 0 aromatic heterocycles. The van der Waals surface area contributed by atoms with Crippen LogP contribution in [-0.2, 0) is 20.9 Å². The van der Waals surface area contributed by atoms with Crippen LogP contribution in [0.5, 0.6) is 0 Å². The van der Waals surface area contributed by atoms with Gasteiger partial charge < -0.3 is 14.5 Å². The second kappa shape index (κ2) is 6.20. The minimum atomic E-state index is -0.419. The molecule has 2 heterocycles. The Bertz CT molecular complexity index is 629. The number of likely N-dealkylation sites (tertiary alicyclic amines) is 2. The first-order chi connectivity index (χ1) is 11.7. The summed E-state index contributed by atoms with van der Waals surface area (Å²) in [5.74, 6) is 0.642. The fourth-order valence-corrected chi connectivity index (χ4v) is 4.29. The van der Waals surface area contributed by atoms with Crippen molar-refractivity contribution in [2.75, 3.05) is 20.2 Å². The Balaban J connectivity index is 1.52. The number of fused-ring (bicyclic) bond motifs is 1. The molecule has 3 atom stereocenters. The largest absolute Gasteiger partial charge is 0.371 e. The highest BCUT2D eigenvalue weighted by Gasteiger charge is 2.54. The van der Waals surface area contributed by atoms with Gasteiger partial charge in [-0.15, -0.1) is 0 Å². The number of carbonyl (C=O) groups is 2. The highest BCUT2D eigenvalue weighted by Crippen LogP contribution is 2.37. The van der Waals surface area contributed by atoms with Gasteiger partial charge in [0, 0.05) is 38.6 Å². The van der Waals surface area contributed by atoms with Crippen molar-refractivity contribution in [1.82, 2.24) is 9.80 Å². The van der Waals surface area contributed by atoms with Crippen molar-refractivity contribution < 1.29 is 14.3 Å². The summed E-state index contributed by atoms with van der Waals surface area (Å²) in [6, 6.07) is 10.1. The lowest BCUT2D eigenvalue weighted by Crippen LogP contribution is -2.43. The number of carbonyl (C=O) groups excluding carboxylic acids is 2. The summed E-state index contributed by atoms with van der Waals surface area (Å²) < 4.78 is 5.50. The molecule has 5 nitrogen and oxygen atoms in total. The van der Waals surface area contributed by atoms with Crippen molar-refractivity contribution >= 4 is 11.8 Å². The van der Waals surface area contributed by atoms with Gasteiger partial charge >= 0.3 is 0 Å². The van der Waals surface area contributed by atoms with Crippen LogP contribution in [0.2, 0.25) is 0 Å². The molecule has 0 unspecified atom stereocenters. The summed E-state index contributed by atoms with van der Waals surface area (Å²) in [6.45, 7) is 1.89. The second-order valence-corrected chi connectivity index (χ2v) is 7.21. The molecule has 128 valence electrons. The van der Waals surface area contributed by atoms with E-state index in [0.717, 1.165) is 24.8 Å². The van der Waals surface area contributed by atoms with Crippen molar-refractivity contribution in [3.8, 4) is 0 Å². The summed E-state index contributed by atoms with van der Waals surface area (Å²) >= 11 is 0. The summed E-state index contributed by atoms with van der Waals surface area (Å²) in [6.07, 6.45) is 2.78. The molecule has 24 heavy (non-hydrogen) atoms. The van der Waals surface area contributed by atoms with E-state index in [9.17, 15) is 9.59 Å². The van der Waals surface area contributed by atoms with Gasteiger partial charge in [0.1, 0.15) is 6.10 Å². The Kier molecular flexibility index (Phi) is 4.04. The van der Waals surface area contributed by atoms with E-state index in [2.05, 4.69) is 0 Å². The van der Waals surface area contributed by atoms with Crippen molar-refractivity contribution in [2.45, 2.75) is 38.0 Å². The molecular formula is C19H24N2O3. The number of hydrogen-bond acceptors (Lipinski definition) is 3. The van der Waals surface area contributed by atoms with Gasteiger partial charge in [-0.25, -0.2) is 0 Å². The third-order valence-corrected chi connectivity index (χ3v) is 5.86. The molecule has 1 saturated carbocycles. The summed E-state index contributed by atoms with van der Waals surface area (Å²) in [7, 11) is 1.60. The van der Waals surface area contributed by atoms with Crippen molar-refractivity contribution in [2.24, 2.45) is 11.8 Å².